The molecule has 2 N–H and O–H groups in total. The summed E-state index contributed by atoms with van der Waals surface area (Å²) in [5, 5.41) is 6.64. The van der Waals surface area contributed by atoms with E-state index in [-0.39, 0.29) is 30.1 Å². The van der Waals surface area contributed by atoms with Crippen LogP contribution >= 0.6 is 24.0 Å². The van der Waals surface area contributed by atoms with Crippen LogP contribution in [-0.4, -0.2) is 40.2 Å². The third-order valence-corrected chi connectivity index (χ3v) is 4.47. The van der Waals surface area contributed by atoms with Crippen LogP contribution in [0.15, 0.2) is 66.3 Å². The second kappa shape index (κ2) is 9.54. The molecule has 0 saturated heterocycles. The van der Waals surface area contributed by atoms with Gasteiger partial charge in [0.15, 0.2) is 5.96 Å². The molecule has 1 aromatic carbocycles. The Hall–Kier alpha value is -2.62. The zero-order chi connectivity index (χ0) is 18.5. The lowest BCUT2D eigenvalue weighted by molar-refractivity contribution is 0.235. The molecule has 146 valence electrons. The summed E-state index contributed by atoms with van der Waals surface area (Å²) in [6, 6.07) is 12.2. The maximum Gasteiger partial charge on any atom is 0.191 e. The van der Waals surface area contributed by atoms with Crippen molar-refractivity contribution in [3.63, 3.8) is 0 Å². The first kappa shape index (κ1) is 20.1. The van der Waals surface area contributed by atoms with Gasteiger partial charge in [0.2, 0.25) is 0 Å². The van der Waals surface area contributed by atoms with Crippen LogP contribution in [0.5, 0.6) is 5.75 Å². The monoisotopic (exact) mass is 490 g/mol. The van der Waals surface area contributed by atoms with E-state index in [0.29, 0.717) is 13.1 Å². The zero-order valence-corrected chi connectivity index (χ0v) is 17.9. The fraction of sp³-hybridized carbons (Fsp3) is 0.250. The third kappa shape index (κ3) is 4.80. The first-order valence-corrected chi connectivity index (χ1v) is 8.94. The van der Waals surface area contributed by atoms with Gasteiger partial charge in [-0.2, -0.15) is 0 Å². The summed E-state index contributed by atoms with van der Waals surface area (Å²) in [6.45, 7) is 1.34. The van der Waals surface area contributed by atoms with E-state index < -0.39 is 0 Å². The van der Waals surface area contributed by atoms with Crippen LogP contribution in [0, 0.1) is 0 Å². The van der Waals surface area contributed by atoms with Gasteiger partial charge < -0.3 is 15.4 Å². The Morgan fingerprint density at radius 1 is 1.25 bits per heavy atom. The predicted octanol–water partition coefficient (Wildman–Crippen LogP) is 2.55. The standard InChI is InChI=1S/C20H22N6O.HI/c1-21-20(25-13-17-10-16-4-2-3-5-18(16)27-17)24-12-15-6-7-19(23-11-15)26-9-8-22-14-26;/h2-9,11,14,17H,10,12-13H2,1H3,(H2,21,24,25);1H. The number of nitrogens with zero attached hydrogens (tertiary/aromatic N) is 4. The van der Waals surface area contributed by atoms with Crippen LogP contribution < -0.4 is 15.4 Å². The normalized spacial score (nSPS) is 15.3. The molecule has 2 aromatic heterocycles. The lowest BCUT2D eigenvalue weighted by atomic mass is 10.1. The van der Waals surface area contributed by atoms with Crippen molar-refractivity contribution in [3.05, 3.63) is 72.4 Å². The summed E-state index contributed by atoms with van der Waals surface area (Å²) in [6.07, 6.45) is 8.23. The molecule has 1 atom stereocenters. The predicted molar refractivity (Wildman–Crippen MR) is 120 cm³/mol. The number of imidazole rings is 1. The Balaban J connectivity index is 0.00000225. The number of benzene rings is 1. The van der Waals surface area contributed by atoms with Crippen molar-refractivity contribution in [2.75, 3.05) is 13.6 Å². The summed E-state index contributed by atoms with van der Waals surface area (Å²) in [5.74, 6) is 2.57. The number of aromatic nitrogens is 3. The molecule has 8 heteroatoms. The number of fused-ring (bicyclic) bond motifs is 1. The SMILES string of the molecule is CN=C(NCc1ccc(-n2ccnc2)nc1)NCC1Cc2ccccc2O1.I. The number of para-hydroxylation sites is 1. The van der Waals surface area contributed by atoms with Gasteiger partial charge in [-0.05, 0) is 23.3 Å². The molecular weight excluding hydrogens is 467 g/mol. The second-order valence-electron chi connectivity index (χ2n) is 6.35. The minimum Gasteiger partial charge on any atom is -0.488 e. The number of aliphatic imine (C=N–C) groups is 1. The molecule has 1 aliphatic rings. The van der Waals surface area contributed by atoms with Crippen molar-refractivity contribution in [1.29, 1.82) is 0 Å². The molecule has 0 fully saturated rings. The Bertz CT molecular complexity index is 886. The summed E-state index contributed by atoms with van der Waals surface area (Å²) < 4.78 is 7.82. The molecule has 0 spiro atoms. The Kier molecular flexibility index (Phi) is 6.85. The average molecular weight is 490 g/mol. The molecule has 1 unspecified atom stereocenters. The van der Waals surface area contributed by atoms with Crippen LogP contribution in [0.25, 0.3) is 5.82 Å². The average Bonchev–Trinajstić information content (AvgIpc) is 3.38. The summed E-state index contributed by atoms with van der Waals surface area (Å²) >= 11 is 0. The van der Waals surface area contributed by atoms with E-state index in [1.165, 1.54) is 5.56 Å². The Labute approximate surface area is 181 Å². The second-order valence-corrected chi connectivity index (χ2v) is 6.35. The maximum atomic E-state index is 5.95. The van der Waals surface area contributed by atoms with Crippen LogP contribution in [-0.2, 0) is 13.0 Å². The molecule has 0 bridgehead atoms. The molecule has 28 heavy (non-hydrogen) atoms. The first-order chi connectivity index (χ1) is 13.3. The highest BCUT2D eigenvalue weighted by molar-refractivity contribution is 14.0. The van der Waals surface area contributed by atoms with Crippen LogP contribution in [0.4, 0.5) is 0 Å². The van der Waals surface area contributed by atoms with Crippen molar-refractivity contribution < 1.29 is 4.74 Å². The van der Waals surface area contributed by atoms with E-state index >= 15 is 0 Å². The van der Waals surface area contributed by atoms with Gasteiger partial charge in [0, 0.05) is 38.6 Å². The Morgan fingerprint density at radius 3 is 2.86 bits per heavy atom. The first-order valence-electron chi connectivity index (χ1n) is 8.94. The number of halogens is 1. The minimum absolute atomic E-state index is 0. The Morgan fingerprint density at radius 2 is 2.14 bits per heavy atom. The maximum absolute atomic E-state index is 5.95. The fourth-order valence-corrected chi connectivity index (χ4v) is 3.05. The number of ether oxygens (including phenoxy) is 1. The van der Waals surface area contributed by atoms with Gasteiger partial charge in [-0.25, -0.2) is 9.97 Å². The van der Waals surface area contributed by atoms with Gasteiger partial charge in [-0.3, -0.25) is 9.56 Å². The number of rotatable bonds is 5. The molecule has 4 rings (SSSR count). The van der Waals surface area contributed by atoms with Crippen LogP contribution in [0.3, 0.4) is 0 Å². The van der Waals surface area contributed by atoms with Crippen LogP contribution in [0.2, 0.25) is 0 Å². The highest BCUT2D eigenvalue weighted by Crippen LogP contribution is 2.27. The van der Waals surface area contributed by atoms with Gasteiger partial charge in [0.05, 0.1) is 6.54 Å². The zero-order valence-electron chi connectivity index (χ0n) is 15.6. The van der Waals surface area contributed by atoms with Gasteiger partial charge in [-0.1, -0.05) is 24.3 Å². The number of nitrogens with one attached hydrogen (secondary N) is 2. The number of guanidine groups is 1. The quantitative estimate of drug-likeness (QED) is 0.327. The van der Waals surface area contributed by atoms with E-state index in [0.717, 1.165) is 29.5 Å². The van der Waals surface area contributed by atoms with Crippen molar-refractivity contribution in [3.8, 4) is 11.6 Å². The molecule has 3 aromatic rings. The lowest BCUT2D eigenvalue weighted by Crippen LogP contribution is -2.41. The number of hydrogen-bond donors (Lipinski definition) is 2. The molecular formula is C20H23IN6O. The summed E-state index contributed by atoms with van der Waals surface area (Å²) in [7, 11) is 1.76. The molecule has 0 aliphatic carbocycles. The van der Waals surface area contributed by atoms with E-state index in [9.17, 15) is 0 Å². The molecule has 1 aliphatic heterocycles. The molecule has 3 heterocycles. The number of hydrogen-bond acceptors (Lipinski definition) is 4. The highest BCUT2D eigenvalue weighted by atomic mass is 127. The fourth-order valence-electron chi connectivity index (χ4n) is 3.05. The molecule has 0 saturated carbocycles. The molecule has 0 amide bonds. The van der Waals surface area contributed by atoms with Crippen molar-refractivity contribution in [2.24, 2.45) is 4.99 Å². The molecule has 7 nitrogen and oxygen atoms in total. The van der Waals surface area contributed by atoms with Gasteiger partial charge in [0.1, 0.15) is 24.0 Å². The van der Waals surface area contributed by atoms with Crippen molar-refractivity contribution >= 4 is 29.9 Å². The summed E-state index contributed by atoms with van der Waals surface area (Å²) in [5.41, 5.74) is 2.34. The van der Waals surface area contributed by atoms with E-state index in [2.05, 4.69) is 31.7 Å². The van der Waals surface area contributed by atoms with Crippen LogP contribution in [0.1, 0.15) is 11.1 Å². The van der Waals surface area contributed by atoms with Gasteiger partial charge in [0.25, 0.3) is 0 Å². The minimum atomic E-state index is 0. The van der Waals surface area contributed by atoms with E-state index in [1.807, 2.05) is 47.3 Å². The third-order valence-electron chi connectivity index (χ3n) is 4.47. The highest BCUT2D eigenvalue weighted by Gasteiger charge is 2.22. The van der Waals surface area contributed by atoms with Crippen molar-refractivity contribution in [2.45, 2.75) is 19.1 Å². The largest absolute Gasteiger partial charge is 0.488 e. The molecule has 0 radical (unpaired) electrons. The topological polar surface area (TPSA) is 76.4 Å². The van der Waals surface area contributed by atoms with Crippen molar-refractivity contribution in [1.82, 2.24) is 25.2 Å². The lowest BCUT2D eigenvalue weighted by Gasteiger charge is -2.15. The summed E-state index contributed by atoms with van der Waals surface area (Å²) in [4.78, 5) is 12.8. The van der Waals surface area contributed by atoms with E-state index in [4.69, 9.17) is 4.74 Å². The van der Waals surface area contributed by atoms with Gasteiger partial charge in [-0.15, -0.1) is 24.0 Å². The smallest absolute Gasteiger partial charge is 0.191 e. The van der Waals surface area contributed by atoms with Gasteiger partial charge >= 0.3 is 0 Å². The van der Waals surface area contributed by atoms with E-state index in [1.54, 1.807) is 19.6 Å². The number of pyridine rings is 1.